The number of fused-ring (bicyclic) bond motifs is 7. The van der Waals surface area contributed by atoms with Gasteiger partial charge in [0.15, 0.2) is 0 Å². The van der Waals surface area contributed by atoms with Gasteiger partial charge in [0, 0.05) is 39.6 Å². The number of hydrogen-bond donors (Lipinski definition) is 1. The highest BCUT2D eigenvalue weighted by molar-refractivity contribution is 6.04. The summed E-state index contributed by atoms with van der Waals surface area (Å²) >= 11 is 0. The van der Waals surface area contributed by atoms with E-state index in [-0.39, 0.29) is 11.9 Å². The zero-order valence-corrected chi connectivity index (χ0v) is 18.7. The Morgan fingerprint density at radius 2 is 1.91 bits per heavy atom. The predicted molar refractivity (Wildman–Crippen MR) is 134 cm³/mol. The number of rotatable bonds is 1. The molecular weight excluding hydrogens is 407 g/mol. The lowest BCUT2D eigenvalue weighted by Gasteiger charge is -2.41. The number of aromatic nitrogens is 1. The average Bonchev–Trinajstić information content (AvgIpc) is 3.22. The Kier molecular flexibility index (Phi) is 3.99. The van der Waals surface area contributed by atoms with Crippen LogP contribution in [0.2, 0.25) is 0 Å². The fourth-order valence-electron chi connectivity index (χ4n) is 6.03. The molecule has 0 saturated carbocycles. The van der Waals surface area contributed by atoms with Crippen LogP contribution in [0.1, 0.15) is 54.0 Å². The van der Waals surface area contributed by atoms with Crippen LogP contribution in [-0.2, 0) is 0 Å². The van der Waals surface area contributed by atoms with E-state index < -0.39 is 0 Å². The van der Waals surface area contributed by atoms with Crippen molar-refractivity contribution in [3.05, 3.63) is 106 Å². The molecule has 1 aromatic heterocycles. The number of H-pyrrole nitrogens is 1. The van der Waals surface area contributed by atoms with Crippen LogP contribution >= 0.6 is 0 Å². The highest BCUT2D eigenvalue weighted by Gasteiger charge is 2.38. The molecule has 7 rings (SSSR count). The van der Waals surface area contributed by atoms with E-state index in [0.29, 0.717) is 0 Å². The molecule has 1 N–H and O–H groups in total. The molecule has 0 fully saturated rings. The fraction of sp³-hybridized carbons (Fsp3) is 0.200. The third-order valence-electron chi connectivity index (χ3n) is 7.51. The standard InChI is InChI=1S/C30H25FN2/c1-18-10-13-27-24(14-18)22-8-5-9-26-29(22)25(17-32-26)30-23-16-21(31)12-11-20(23)15-28(33(27)30)19-6-3-2-4-7-19/h5-6,8-17,30,32H,2-4,7H2,1H3. The van der Waals surface area contributed by atoms with E-state index in [1.165, 1.54) is 57.4 Å². The molecule has 3 aliphatic rings. The molecule has 1 aliphatic carbocycles. The molecule has 0 spiro atoms. The van der Waals surface area contributed by atoms with Gasteiger partial charge >= 0.3 is 0 Å². The molecule has 3 heteroatoms. The lowest BCUT2D eigenvalue weighted by atomic mass is 9.85. The van der Waals surface area contributed by atoms with Crippen molar-refractivity contribution in [1.29, 1.82) is 0 Å². The highest BCUT2D eigenvalue weighted by Crippen LogP contribution is 2.53. The summed E-state index contributed by atoms with van der Waals surface area (Å²) in [5.74, 6) is -0.184. The number of anilines is 1. The van der Waals surface area contributed by atoms with E-state index in [4.69, 9.17) is 0 Å². The number of aryl methyl sites for hydroxylation is 1. The summed E-state index contributed by atoms with van der Waals surface area (Å²) < 4.78 is 14.6. The Morgan fingerprint density at radius 3 is 2.79 bits per heavy atom. The van der Waals surface area contributed by atoms with Crippen LogP contribution in [0, 0.1) is 12.7 Å². The maximum Gasteiger partial charge on any atom is 0.123 e. The van der Waals surface area contributed by atoms with Crippen molar-refractivity contribution in [2.75, 3.05) is 4.90 Å². The molecule has 0 amide bonds. The predicted octanol–water partition coefficient (Wildman–Crippen LogP) is 8.05. The Balaban J connectivity index is 1.62. The highest BCUT2D eigenvalue weighted by atomic mass is 19.1. The molecule has 3 aromatic carbocycles. The second-order valence-electron chi connectivity index (χ2n) is 9.54. The summed E-state index contributed by atoms with van der Waals surface area (Å²) in [5.41, 5.74) is 12.1. The fourth-order valence-corrected chi connectivity index (χ4v) is 6.03. The van der Waals surface area contributed by atoms with Gasteiger partial charge < -0.3 is 9.88 Å². The van der Waals surface area contributed by atoms with Crippen molar-refractivity contribution < 1.29 is 4.39 Å². The molecule has 0 radical (unpaired) electrons. The van der Waals surface area contributed by atoms with E-state index in [2.05, 4.69) is 71.6 Å². The maximum atomic E-state index is 14.6. The molecule has 0 bridgehead atoms. The zero-order valence-electron chi connectivity index (χ0n) is 18.7. The van der Waals surface area contributed by atoms with Gasteiger partial charge in [-0.2, -0.15) is 0 Å². The topological polar surface area (TPSA) is 19.0 Å². The first-order valence-electron chi connectivity index (χ1n) is 11.9. The lowest BCUT2D eigenvalue weighted by Crippen LogP contribution is -2.33. The van der Waals surface area contributed by atoms with E-state index in [9.17, 15) is 4.39 Å². The monoisotopic (exact) mass is 432 g/mol. The number of benzene rings is 3. The Morgan fingerprint density at radius 1 is 0.970 bits per heavy atom. The minimum atomic E-state index is -0.184. The number of hydrogen-bond acceptors (Lipinski definition) is 1. The Bertz CT molecular complexity index is 1500. The van der Waals surface area contributed by atoms with Crippen LogP contribution in [0.5, 0.6) is 0 Å². The van der Waals surface area contributed by atoms with Gasteiger partial charge in [-0.1, -0.05) is 35.9 Å². The zero-order chi connectivity index (χ0) is 22.1. The number of nitrogens with one attached hydrogen (secondary N) is 1. The van der Waals surface area contributed by atoms with Gasteiger partial charge in [0.05, 0.1) is 6.04 Å². The second kappa shape index (κ2) is 6.95. The molecular formula is C30H25FN2. The van der Waals surface area contributed by atoms with E-state index in [0.717, 1.165) is 29.5 Å². The molecule has 3 heterocycles. The first-order chi connectivity index (χ1) is 16.2. The minimum Gasteiger partial charge on any atom is -0.361 e. The van der Waals surface area contributed by atoms with Gasteiger partial charge in [0.25, 0.3) is 0 Å². The van der Waals surface area contributed by atoms with Crippen molar-refractivity contribution in [3.63, 3.8) is 0 Å². The maximum absolute atomic E-state index is 14.6. The molecule has 162 valence electrons. The average molecular weight is 433 g/mol. The first-order valence-corrected chi connectivity index (χ1v) is 11.9. The minimum absolute atomic E-state index is 0.0858. The van der Waals surface area contributed by atoms with Crippen LogP contribution < -0.4 is 4.90 Å². The molecule has 2 aliphatic heterocycles. The third-order valence-corrected chi connectivity index (χ3v) is 7.51. The molecule has 1 unspecified atom stereocenters. The van der Waals surface area contributed by atoms with Crippen LogP contribution in [-0.4, -0.2) is 4.98 Å². The summed E-state index contributed by atoms with van der Waals surface area (Å²) in [7, 11) is 0. The lowest BCUT2D eigenvalue weighted by molar-refractivity contribution is 0.621. The SMILES string of the molecule is Cc1ccc2c(c1)-c1cccc3[nH]cc(c13)C1c3cc(F)ccc3C=C(C3=CCCCC3)N21. The molecule has 0 saturated heterocycles. The normalized spacial score (nSPS) is 18.7. The van der Waals surface area contributed by atoms with Crippen molar-refractivity contribution >= 4 is 22.7 Å². The summed E-state index contributed by atoms with van der Waals surface area (Å²) in [6.07, 6.45) is 11.5. The van der Waals surface area contributed by atoms with Crippen LogP contribution in [0.15, 0.2) is 78.1 Å². The molecule has 4 aromatic rings. The van der Waals surface area contributed by atoms with Gasteiger partial charge in [-0.3, -0.25) is 0 Å². The Hall–Kier alpha value is -3.59. The first kappa shape index (κ1) is 18.9. The number of nitrogens with zero attached hydrogens (tertiary/aromatic N) is 1. The third kappa shape index (κ3) is 2.72. The van der Waals surface area contributed by atoms with Crippen LogP contribution in [0.3, 0.4) is 0 Å². The van der Waals surface area contributed by atoms with Crippen LogP contribution in [0.25, 0.3) is 28.1 Å². The largest absolute Gasteiger partial charge is 0.361 e. The van der Waals surface area contributed by atoms with Crippen molar-refractivity contribution in [1.82, 2.24) is 4.98 Å². The van der Waals surface area contributed by atoms with Gasteiger partial charge in [-0.25, -0.2) is 4.39 Å². The van der Waals surface area contributed by atoms with Crippen LogP contribution in [0.4, 0.5) is 10.1 Å². The molecule has 1 atom stereocenters. The van der Waals surface area contributed by atoms with Gasteiger partial charge in [-0.15, -0.1) is 0 Å². The van der Waals surface area contributed by atoms with E-state index in [1.54, 1.807) is 12.1 Å². The Labute approximate surface area is 193 Å². The van der Waals surface area contributed by atoms with Gasteiger partial charge in [-0.05, 0) is 91.3 Å². The van der Waals surface area contributed by atoms with E-state index in [1.807, 2.05) is 6.07 Å². The van der Waals surface area contributed by atoms with Crippen molar-refractivity contribution in [2.45, 2.75) is 38.6 Å². The summed E-state index contributed by atoms with van der Waals surface area (Å²) in [6.45, 7) is 2.15. The van der Waals surface area contributed by atoms with Crippen molar-refractivity contribution in [2.24, 2.45) is 0 Å². The molecule has 33 heavy (non-hydrogen) atoms. The summed E-state index contributed by atoms with van der Waals surface area (Å²) in [4.78, 5) is 5.99. The van der Waals surface area contributed by atoms with Gasteiger partial charge in [0.1, 0.15) is 5.82 Å². The van der Waals surface area contributed by atoms with Gasteiger partial charge in [0.2, 0.25) is 0 Å². The second-order valence-corrected chi connectivity index (χ2v) is 9.54. The number of allylic oxidation sites excluding steroid dienone is 2. The quantitative estimate of drug-likeness (QED) is 0.322. The number of aromatic amines is 1. The van der Waals surface area contributed by atoms with Crippen molar-refractivity contribution in [3.8, 4) is 11.1 Å². The number of halogens is 1. The van der Waals surface area contributed by atoms with E-state index >= 15 is 0 Å². The summed E-state index contributed by atoms with van der Waals surface area (Å²) in [6, 6.07) is 18.4. The smallest absolute Gasteiger partial charge is 0.123 e. The molecule has 2 nitrogen and oxygen atoms in total. The summed E-state index contributed by atoms with van der Waals surface area (Å²) in [5, 5.41) is 1.24.